The lowest BCUT2D eigenvalue weighted by Crippen LogP contribution is -2.30. The van der Waals surface area contributed by atoms with E-state index >= 15 is 0 Å². The third kappa shape index (κ3) is 3.54. The van der Waals surface area contributed by atoms with Crippen molar-refractivity contribution in [2.75, 3.05) is 19.6 Å². The molecule has 1 aliphatic rings. The first-order valence-electron chi connectivity index (χ1n) is 4.70. The summed E-state index contributed by atoms with van der Waals surface area (Å²) in [6, 6.07) is 2.01. The first-order chi connectivity index (χ1) is 5.93. The van der Waals surface area contributed by atoms with Crippen molar-refractivity contribution in [2.24, 2.45) is 0 Å². The second-order valence-corrected chi connectivity index (χ2v) is 3.22. The van der Waals surface area contributed by atoms with E-state index in [1.54, 1.807) is 6.08 Å². The van der Waals surface area contributed by atoms with Crippen LogP contribution in [0.3, 0.4) is 0 Å². The number of hydrogen-bond acceptors (Lipinski definition) is 2. The second-order valence-electron chi connectivity index (χ2n) is 3.22. The topological polar surface area (TPSA) is 27.0 Å². The summed E-state index contributed by atoms with van der Waals surface area (Å²) >= 11 is 0. The molecule has 0 aromatic rings. The smallest absolute Gasteiger partial charge is 0.0908 e. The molecule has 1 saturated heterocycles. The quantitative estimate of drug-likeness (QED) is 0.596. The number of nitriles is 1. The first kappa shape index (κ1) is 9.28. The molecule has 2 heteroatoms. The fourth-order valence-corrected chi connectivity index (χ4v) is 1.58. The normalized spacial score (nSPS) is 19.6. The van der Waals surface area contributed by atoms with E-state index in [4.69, 9.17) is 5.26 Å². The Bertz CT molecular complexity index is 173. The molecule has 1 heterocycles. The molecule has 0 aromatic carbocycles. The van der Waals surface area contributed by atoms with Crippen LogP contribution in [0.2, 0.25) is 0 Å². The van der Waals surface area contributed by atoms with Gasteiger partial charge in [-0.1, -0.05) is 12.5 Å². The molecule has 1 fully saturated rings. The van der Waals surface area contributed by atoms with Gasteiger partial charge in [-0.25, -0.2) is 0 Å². The summed E-state index contributed by atoms with van der Waals surface area (Å²) < 4.78 is 0. The SMILES string of the molecule is N#C/C=C/CCN1CCCCC1. The van der Waals surface area contributed by atoms with Crippen molar-refractivity contribution in [1.29, 1.82) is 5.26 Å². The van der Waals surface area contributed by atoms with Crippen molar-refractivity contribution >= 4 is 0 Å². The van der Waals surface area contributed by atoms with Crippen LogP contribution in [0.1, 0.15) is 25.7 Å². The number of allylic oxidation sites excluding steroid dienone is 1. The number of hydrogen-bond donors (Lipinski definition) is 0. The van der Waals surface area contributed by atoms with Gasteiger partial charge < -0.3 is 4.90 Å². The summed E-state index contributed by atoms with van der Waals surface area (Å²) in [6.07, 6.45) is 8.64. The predicted octanol–water partition coefficient (Wildman–Crippen LogP) is 1.94. The molecule has 0 bridgehead atoms. The molecular formula is C10H16N2. The molecule has 0 atom stereocenters. The lowest BCUT2D eigenvalue weighted by atomic mass is 10.1. The Kier molecular flexibility index (Phi) is 4.48. The van der Waals surface area contributed by atoms with Crippen LogP contribution < -0.4 is 0 Å². The van der Waals surface area contributed by atoms with E-state index in [2.05, 4.69) is 4.90 Å². The van der Waals surface area contributed by atoms with Gasteiger partial charge in [0, 0.05) is 12.6 Å². The molecular weight excluding hydrogens is 148 g/mol. The van der Waals surface area contributed by atoms with Crippen LogP contribution in [0.15, 0.2) is 12.2 Å². The van der Waals surface area contributed by atoms with Crippen molar-refractivity contribution in [3.63, 3.8) is 0 Å². The number of piperidine rings is 1. The van der Waals surface area contributed by atoms with E-state index in [-0.39, 0.29) is 0 Å². The van der Waals surface area contributed by atoms with E-state index in [9.17, 15) is 0 Å². The highest BCUT2D eigenvalue weighted by molar-refractivity contribution is 5.01. The van der Waals surface area contributed by atoms with Crippen molar-refractivity contribution in [3.05, 3.63) is 12.2 Å². The van der Waals surface area contributed by atoms with Crippen LogP contribution in [-0.4, -0.2) is 24.5 Å². The third-order valence-electron chi connectivity index (χ3n) is 2.25. The molecule has 0 aliphatic carbocycles. The van der Waals surface area contributed by atoms with Crippen molar-refractivity contribution in [1.82, 2.24) is 4.90 Å². The lowest BCUT2D eigenvalue weighted by molar-refractivity contribution is 0.233. The average Bonchev–Trinajstić information content (AvgIpc) is 2.14. The van der Waals surface area contributed by atoms with Crippen molar-refractivity contribution < 1.29 is 0 Å². The van der Waals surface area contributed by atoms with E-state index in [0.717, 1.165) is 13.0 Å². The summed E-state index contributed by atoms with van der Waals surface area (Å²) in [4.78, 5) is 2.48. The maximum absolute atomic E-state index is 8.25. The zero-order valence-corrected chi connectivity index (χ0v) is 7.50. The van der Waals surface area contributed by atoms with Gasteiger partial charge in [-0.3, -0.25) is 0 Å². The van der Waals surface area contributed by atoms with Crippen LogP contribution in [-0.2, 0) is 0 Å². The molecule has 66 valence electrons. The summed E-state index contributed by atoms with van der Waals surface area (Å²) in [5.74, 6) is 0. The zero-order chi connectivity index (χ0) is 8.65. The largest absolute Gasteiger partial charge is 0.303 e. The number of nitrogens with zero attached hydrogens (tertiary/aromatic N) is 2. The maximum Gasteiger partial charge on any atom is 0.0908 e. The lowest BCUT2D eigenvalue weighted by Gasteiger charge is -2.25. The molecule has 0 radical (unpaired) electrons. The van der Waals surface area contributed by atoms with Crippen LogP contribution in [0.4, 0.5) is 0 Å². The average molecular weight is 164 g/mol. The van der Waals surface area contributed by atoms with Gasteiger partial charge in [0.25, 0.3) is 0 Å². The standard InChI is InChI=1S/C10H16N2/c11-7-3-1-4-8-12-9-5-2-6-10-12/h1,3H,2,4-6,8-10H2/b3-1+. The van der Waals surface area contributed by atoms with E-state index in [1.165, 1.54) is 32.4 Å². The molecule has 0 amide bonds. The van der Waals surface area contributed by atoms with E-state index in [1.807, 2.05) is 12.1 Å². The molecule has 0 saturated carbocycles. The number of likely N-dealkylation sites (tertiary alicyclic amines) is 1. The Morgan fingerprint density at radius 2 is 2.00 bits per heavy atom. The van der Waals surface area contributed by atoms with Crippen molar-refractivity contribution in [2.45, 2.75) is 25.7 Å². The highest BCUT2D eigenvalue weighted by Crippen LogP contribution is 2.08. The van der Waals surface area contributed by atoms with Gasteiger partial charge >= 0.3 is 0 Å². The molecule has 1 aliphatic heterocycles. The molecule has 0 unspecified atom stereocenters. The van der Waals surface area contributed by atoms with Crippen LogP contribution in [0.5, 0.6) is 0 Å². The zero-order valence-electron chi connectivity index (χ0n) is 7.50. The Morgan fingerprint density at radius 1 is 1.25 bits per heavy atom. The third-order valence-corrected chi connectivity index (χ3v) is 2.25. The Balaban J connectivity index is 2.06. The van der Waals surface area contributed by atoms with E-state index < -0.39 is 0 Å². The Morgan fingerprint density at radius 3 is 2.67 bits per heavy atom. The van der Waals surface area contributed by atoms with Gasteiger partial charge in [0.2, 0.25) is 0 Å². The summed E-state index contributed by atoms with van der Waals surface area (Å²) in [5.41, 5.74) is 0. The monoisotopic (exact) mass is 164 g/mol. The highest BCUT2D eigenvalue weighted by atomic mass is 15.1. The first-order valence-corrected chi connectivity index (χ1v) is 4.70. The van der Waals surface area contributed by atoms with Crippen LogP contribution in [0.25, 0.3) is 0 Å². The molecule has 12 heavy (non-hydrogen) atoms. The molecule has 2 nitrogen and oxygen atoms in total. The highest BCUT2D eigenvalue weighted by Gasteiger charge is 2.07. The van der Waals surface area contributed by atoms with Crippen LogP contribution >= 0.6 is 0 Å². The minimum atomic E-state index is 1.02. The summed E-state index contributed by atoms with van der Waals surface area (Å²) in [7, 11) is 0. The summed E-state index contributed by atoms with van der Waals surface area (Å²) in [5, 5.41) is 8.25. The summed E-state index contributed by atoms with van der Waals surface area (Å²) in [6.45, 7) is 3.62. The molecule has 0 aromatic heterocycles. The van der Waals surface area contributed by atoms with Crippen LogP contribution in [0, 0.1) is 11.3 Å². The van der Waals surface area contributed by atoms with Gasteiger partial charge in [0.15, 0.2) is 0 Å². The fourth-order valence-electron chi connectivity index (χ4n) is 1.58. The predicted molar refractivity (Wildman–Crippen MR) is 49.7 cm³/mol. The van der Waals surface area contributed by atoms with Gasteiger partial charge in [0.1, 0.15) is 0 Å². The molecule has 0 N–H and O–H groups in total. The molecule has 0 spiro atoms. The Hall–Kier alpha value is -0.810. The maximum atomic E-state index is 8.25. The van der Waals surface area contributed by atoms with Gasteiger partial charge in [-0.2, -0.15) is 5.26 Å². The minimum Gasteiger partial charge on any atom is -0.303 e. The van der Waals surface area contributed by atoms with E-state index in [0.29, 0.717) is 0 Å². The van der Waals surface area contributed by atoms with Gasteiger partial charge in [0.05, 0.1) is 6.07 Å². The minimum absolute atomic E-state index is 1.02. The second kappa shape index (κ2) is 5.79. The molecule has 1 rings (SSSR count). The van der Waals surface area contributed by atoms with Gasteiger partial charge in [-0.05, 0) is 32.4 Å². The Labute approximate surface area is 74.5 Å². The number of rotatable bonds is 3. The van der Waals surface area contributed by atoms with Gasteiger partial charge in [-0.15, -0.1) is 0 Å². The fraction of sp³-hybridized carbons (Fsp3) is 0.700. The van der Waals surface area contributed by atoms with Crippen molar-refractivity contribution in [3.8, 4) is 6.07 Å².